The number of rotatable bonds is 3. The average molecular weight is 367 g/mol. The highest BCUT2D eigenvalue weighted by Crippen LogP contribution is 2.34. The quantitative estimate of drug-likeness (QED) is 0.687. The van der Waals surface area contributed by atoms with Gasteiger partial charge in [-0.25, -0.2) is 0 Å². The second-order valence-corrected chi connectivity index (χ2v) is 5.52. The largest absolute Gasteiger partial charge is 0.418 e. The van der Waals surface area contributed by atoms with Crippen LogP contribution in [0, 0.1) is 0 Å². The lowest BCUT2D eigenvalue weighted by Crippen LogP contribution is -2.16. The minimum atomic E-state index is -4.58. The number of nitrogens with one attached hydrogen (secondary N) is 1. The summed E-state index contributed by atoms with van der Waals surface area (Å²) >= 11 is 5.88. The van der Waals surface area contributed by atoms with E-state index in [0.717, 1.165) is 6.07 Å². The van der Waals surface area contributed by atoms with E-state index in [1.54, 1.807) is 24.3 Å². The van der Waals surface area contributed by atoms with Gasteiger partial charge < -0.3 is 9.84 Å². The van der Waals surface area contributed by atoms with Gasteiger partial charge in [0, 0.05) is 16.7 Å². The van der Waals surface area contributed by atoms with E-state index in [-0.39, 0.29) is 17.1 Å². The second-order valence-electron chi connectivity index (χ2n) is 5.08. The van der Waals surface area contributed by atoms with Crippen molar-refractivity contribution in [3.8, 4) is 11.3 Å². The second kappa shape index (κ2) is 6.60. The Kier molecular flexibility index (Phi) is 4.50. The normalized spacial score (nSPS) is 11.4. The Morgan fingerprint density at radius 2 is 1.84 bits per heavy atom. The van der Waals surface area contributed by atoms with Crippen LogP contribution in [0.25, 0.3) is 11.3 Å². The molecular weight excluding hydrogens is 357 g/mol. The van der Waals surface area contributed by atoms with Crippen molar-refractivity contribution in [1.82, 2.24) is 5.16 Å². The molecule has 0 atom stereocenters. The van der Waals surface area contributed by atoms with Gasteiger partial charge in [-0.1, -0.05) is 41.0 Å². The van der Waals surface area contributed by atoms with Crippen molar-refractivity contribution in [2.24, 2.45) is 0 Å². The van der Waals surface area contributed by atoms with Crippen LogP contribution in [0.3, 0.4) is 0 Å². The Morgan fingerprint density at radius 1 is 1.08 bits per heavy atom. The highest BCUT2D eigenvalue weighted by Gasteiger charge is 2.33. The van der Waals surface area contributed by atoms with Gasteiger partial charge in [-0.2, -0.15) is 13.2 Å². The van der Waals surface area contributed by atoms with E-state index in [1.165, 1.54) is 24.3 Å². The number of alkyl halides is 3. The zero-order valence-electron chi connectivity index (χ0n) is 12.5. The maximum Gasteiger partial charge on any atom is 0.418 e. The highest BCUT2D eigenvalue weighted by molar-refractivity contribution is 6.30. The predicted molar refractivity (Wildman–Crippen MR) is 86.3 cm³/mol. The first-order valence-corrected chi connectivity index (χ1v) is 7.42. The zero-order valence-corrected chi connectivity index (χ0v) is 13.2. The van der Waals surface area contributed by atoms with Crippen molar-refractivity contribution in [2.45, 2.75) is 6.18 Å². The van der Waals surface area contributed by atoms with Crippen LogP contribution >= 0.6 is 11.6 Å². The molecule has 1 amide bonds. The Hall–Kier alpha value is -2.80. The van der Waals surface area contributed by atoms with Gasteiger partial charge >= 0.3 is 6.18 Å². The number of nitrogens with zero attached hydrogens (tertiary/aromatic N) is 1. The fourth-order valence-electron chi connectivity index (χ4n) is 2.19. The van der Waals surface area contributed by atoms with Gasteiger partial charge in [-0.15, -0.1) is 0 Å². The van der Waals surface area contributed by atoms with E-state index in [4.69, 9.17) is 16.1 Å². The van der Waals surface area contributed by atoms with E-state index < -0.39 is 17.6 Å². The smallest absolute Gasteiger partial charge is 0.355 e. The number of carbonyl (C=O) groups excluding carboxylic acids is 1. The molecule has 1 N–H and O–H groups in total. The van der Waals surface area contributed by atoms with Crippen LogP contribution in [-0.2, 0) is 6.18 Å². The number of halogens is 4. The lowest BCUT2D eigenvalue weighted by Gasteiger charge is -2.12. The molecule has 4 nitrogen and oxygen atoms in total. The molecule has 0 fully saturated rings. The number of para-hydroxylation sites is 1. The molecule has 0 aliphatic heterocycles. The van der Waals surface area contributed by atoms with Crippen molar-refractivity contribution >= 4 is 23.2 Å². The van der Waals surface area contributed by atoms with E-state index in [0.29, 0.717) is 10.6 Å². The molecule has 2 aromatic carbocycles. The zero-order chi connectivity index (χ0) is 18.0. The Balaban J connectivity index is 1.84. The highest BCUT2D eigenvalue weighted by atomic mass is 35.5. The Bertz CT molecular complexity index is 922. The third-order valence-corrected chi connectivity index (χ3v) is 3.57. The van der Waals surface area contributed by atoms with Crippen molar-refractivity contribution in [1.29, 1.82) is 0 Å². The predicted octanol–water partition coefficient (Wildman–Crippen LogP) is 5.27. The van der Waals surface area contributed by atoms with Gasteiger partial charge in [-0.3, -0.25) is 4.79 Å². The summed E-state index contributed by atoms with van der Waals surface area (Å²) in [6.07, 6.45) is -4.58. The van der Waals surface area contributed by atoms with Crippen LogP contribution in [0.5, 0.6) is 0 Å². The van der Waals surface area contributed by atoms with E-state index in [1.807, 2.05) is 0 Å². The molecule has 0 bridgehead atoms. The number of aromatic nitrogens is 1. The van der Waals surface area contributed by atoms with Crippen LogP contribution in [0.4, 0.5) is 18.9 Å². The maximum atomic E-state index is 13.0. The summed E-state index contributed by atoms with van der Waals surface area (Å²) in [5.41, 5.74) is -0.851. The van der Waals surface area contributed by atoms with Crippen molar-refractivity contribution in [3.05, 3.63) is 70.9 Å². The van der Waals surface area contributed by atoms with Crippen molar-refractivity contribution in [3.63, 3.8) is 0 Å². The first-order chi connectivity index (χ1) is 11.8. The summed E-state index contributed by atoms with van der Waals surface area (Å²) in [6.45, 7) is 0. The lowest BCUT2D eigenvalue weighted by molar-refractivity contribution is -0.136. The fourth-order valence-corrected chi connectivity index (χ4v) is 2.38. The molecule has 8 heteroatoms. The third-order valence-electron chi connectivity index (χ3n) is 3.33. The first-order valence-electron chi connectivity index (χ1n) is 7.05. The summed E-state index contributed by atoms with van der Waals surface area (Å²) in [5, 5.41) is 6.27. The molecular formula is C17H10ClF3N2O2. The maximum absolute atomic E-state index is 13.0. The number of carbonyl (C=O) groups is 1. The fraction of sp³-hybridized carbons (Fsp3) is 0.0588. The summed E-state index contributed by atoms with van der Waals surface area (Å²) < 4.78 is 44.0. The van der Waals surface area contributed by atoms with Gasteiger partial charge in [0.05, 0.1) is 11.3 Å². The monoisotopic (exact) mass is 366 g/mol. The molecule has 1 aromatic heterocycles. The Morgan fingerprint density at radius 3 is 2.56 bits per heavy atom. The Labute approximate surface area is 145 Å². The number of benzene rings is 2. The number of amides is 1. The van der Waals surface area contributed by atoms with Crippen molar-refractivity contribution < 1.29 is 22.5 Å². The summed E-state index contributed by atoms with van der Waals surface area (Å²) in [7, 11) is 0. The molecule has 0 saturated carbocycles. The van der Waals surface area contributed by atoms with Gasteiger partial charge in [0.1, 0.15) is 0 Å². The molecule has 0 spiro atoms. The van der Waals surface area contributed by atoms with Crippen LogP contribution in [-0.4, -0.2) is 11.1 Å². The van der Waals surface area contributed by atoms with Crippen LogP contribution in [0.1, 0.15) is 16.1 Å². The number of hydrogen-bond donors (Lipinski definition) is 1. The summed E-state index contributed by atoms with van der Waals surface area (Å²) in [5.74, 6) is -0.537. The van der Waals surface area contributed by atoms with Gasteiger partial charge in [-0.05, 0) is 24.3 Å². The summed E-state index contributed by atoms with van der Waals surface area (Å²) in [6, 6.07) is 12.7. The molecule has 1 heterocycles. The van der Waals surface area contributed by atoms with Crippen LogP contribution in [0.2, 0.25) is 5.02 Å². The minimum absolute atomic E-state index is 0.146. The molecule has 0 radical (unpaired) electrons. The molecule has 0 aliphatic rings. The van der Waals surface area contributed by atoms with Crippen LogP contribution in [0.15, 0.2) is 59.1 Å². The average Bonchev–Trinajstić information content (AvgIpc) is 3.04. The topological polar surface area (TPSA) is 55.1 Å². The van der Waals surface area contributed by atoms with Crippen LogP contribution < -0.4 is 5.32 Å². The molecule has 3 rings (SSSR count). The van der Waals surface area contributed by atoms with Gasteiger partial charge in [0.15, 0.2) is 11.5 Å². The number of anilines is 1. The molecule has 3 aromatic rings. The molecule has 0 aliphatic carbocycles. The van der Waals surface area contributed by atoms with E-state index in [2.05, 4.69) is 10.5 Å². The molecule has 25 heavy (non-hydrogen) atoms. The summed E-state index contributed by atoms with van der Waals surface area (Å²) in [4.78, 5) is 12.2. The molecule has 0 unspecified atom stereocenters. The van der Waals surface area contributed by atoms with Gasteiger partial charge in [0.2, 0.25) is 0 Å². The lowest BCUT2D eigenvalue weighted by atomic mass is 10.1. The first kappa shape index (κ1) is 17.0. The minimum Gasteiger partial charge on any atom is -0.355 e. The third kappa shape index (κ3) is 3.83. The van der Waals surface area contributed by atoms with E-state index >= 15 is 0 Å². The van der Waals surface area contributed by atoms with Gasteiger partial charge in [0.25, 0.3) is 5.91 Å². The standard InChI is InChI=1S/C17H10ClF3N2O2/c18-11-5-3-4-10(8-11)15-9-14(23-25-15)16(24)22-13-7-2-1-6-12(13)17(19,20)21/h1-9H,(H,22,24). The van der Waals surface area contributed by atoms with E-state index in [9.17, 15) is 18.0 Å². The number of hydrogen-bond acceptors (Lipinski definition) is 3. The SMILES string of the molecule is O=C(Nc1ccccc1C(F)(F)F)c1cc(-c2cccc(Cl)c2)on1. The molecule has 128 valence electrons. The van der Waals surface area contributed by atoms with Crippen molar-refractivity contribution in [2.75, 3.05) is 5.32 Å². The molecule has 0 saturated heterocycles.